The summed E-state index contributed by atoms with van der Waals surface area (Å²) in [6.07, 6.45) is 3.41. The van der Waals surface area contributed by atoms with Gasteiger partial charge >= 0.3 is 0 Å². The Labute approximate surface area is 135 Å². The summed E-state index contributed by atoms with van der Waals surface area (Å²) >= 11 is 0. The number of nitrogens with one attached hydrogen (secondary N) is 1. The first-order chi connectivity index (χ1) is 11.3. The third-order valence-electron chi connectivity index (χ3n) is 4.03. The minimum absolute atomic E-state index is 0.0505. The first kappa shape index (κ1) is 15.0. The molecule has 0 spiro atoms. The molecule has 1 amide bonds. The van der Waals surface area contributed by atoms with Crippen molar-refractivity contribution in [3.05, 3.63) is 54.2 Å². The molecule has 1 aliphatic rings. The van der Waals surface area contributed by atoms with E-state index in [1.807, 2.05) is 36.4 Å². The van der Waals surface area contributed by atoms with Crippen molar-refractivity contribution in [1.82, 2.24) is 4.98 Å². The predicted molar refractivity (Wildman–Crippen MR) is 89.0 cm³/mol. The molecule has 0 aliphatic carbocycles. The number of aromatic nitrogens is 1. The van der Waals surface area contributed by atoms with Crippen LogP contribution in [0.5, 0.6) is 0 Å². The molecule has 0 radical (unpaired) electrons. The van der Waals surface area contributed by atoms with Crippen LogP contribution in [0.3, 0.4) is 0 Å². The molecule has 1 unspecified atom stereocenters. The van der Waals surface area contributed by atoms with E-state index in [0.29, 0.717) is 12.1 Å². The van der Waals surface area contributed by atoms with E-state index in [1.165, 1.54) is 0 Å². The number of pyridine rings is 1. The van der Waals surface area contributed by atoms with Gasteiger partial charge in [0.1, 0.15) is 11.9 Å². The van der Waals surface area contributed by atoms with E-state index in [1.54, 1.807) is 12.3 Å². The SMILES string of the molecule is N#Cc1ccc(N2CCCC(C(=O)Nc3ccccc3)C2)nc1. The molecule has 1 N–H and O–H groups in total. The van der Waals surface area contributed by atoms with E-state index in [-0.39, 0.29) is 11.8 Å². The number of benzene rings is 1. The Balaban J connectivity index is 1.65. The first-order valence-corrected chi connectivity index (χ1v) is 7.73. The van der Waals surface area contributed by atoms with Gasteiger partial charge in [0.15, 0.2) is 0 Å². The van der Waals surface area contributed by atoms with Gasteiger partial charge in [-0.05, 0) is 37.1 Å². The van der Waals surface area contributed by atoms with E-state index < -0.39 is 0 Å². The molecule has 2 aromatic rings. The number of anilines is 2. The molecule has 3 rings (SSSR count). The van der Waals surface area contributed by atoms with Crippen LogP contribution in [-0.2, 0) is 4.79 Å². The average molecular weight is 306 g/mol. The second-order valence-corrected chi connectivity index (χ2v) is 5.66. The minimum Gasteiger partial charge on any atom is -0.356 e. The maximum atomic E-state index is 12.4. The molecule has 1 fully saturated rings. The van der Waals surface area contributed by atoms with Crippen LogP contribution in [-0.4, -0.2) is 24.0 Å². The lowest BCUT2D eigenvalue weighted by molar-refractivity contribution is -0.120. The first-order valence-electron chi connectivity index (χ1n) is 7.73. The number of piperidine rings is 1. The van der Waals surface area contributed by atoms with Crippen molar-refractivity contribution in [3.8, 4) is 6.07 Å². The summed E-state index contributed by atoms with van der Waals surface area (Å²) in [7, 11) is 0. The molecule has 5 nitrogen and oxygen atoms in total. The van der Waals surface area contributed by atoms with Gasteiger partial charge in [-0.15, -0.1) is 0 Å². The van der Waals surface area contributed by atoms with Crippen LogP contribution in [0.1, 0.15) is 18.4 Å². The van der Waals surface area contributed by atoms with E-state index in [2.05, 4.69) is 21.3 Å². The highest BCUT2D eigenvalue weighted by atomic mass is 16.1. The normalized spacial score (nSPS) is 17.3. The predicted octanol–water partition coefficient (Wildman–Crippen LogP) is 2.81. The second-order valence-electron chi connectivity index (χ2n) is 5.66. The quantitative estimate of drug-likeness (QED) is 0.946. The second kappa shape index (κ2) is 6.93. The van der Waals surface area contributed by atoms with E-state index >= 15 is 0 Å². The van der Waals surface area contributed by atoms with E-state index in [4.69, 9.17) is 5.26 Å². The van der Waals surface area contributed by atoms with Crippen molar-refractivity contribution in [3.63, 3.8) is 0 Å². The molecule has 5 heteroatoms. The van der Waals surface area contributed by atoms with Crippen molar-refractivity contribution in [2.45, 2.75) is 12.8 Å². The average Bonchev–Trinajstić information content (AvgIpc) is 2.63. The molecule has 23 heavy (non-hydrogen) atoms. The molecule has 0 saturated carbocycles. The van der Waals surface area contributed by atoms with Crippen LogP contribution in [0.15, 0.2) is 48.7 Å². The zero-order valence-corrected chi connectivity index (χ0v) is 12.8. The van der Waals surface area contributed by atoms with Gasteiger partial charge in [0.05, 0.1) is 11.5 Å². The molecule has 1 aliphatic heterocycles. The Bertz CT molecular complexity index is 706. The largest absolute Gasteiger partial charge is 0.356 e. The van der Waals surface area contributed by atoms with Gasteiger partial charge in [0, 0.05) is 25.0 Å². The summed E-state index contributed by atoms with van der Waals surface area (Å²) in [5.74, 6) is 0.817. The maximum Gasteiger partial charge on any atom is 0.229 e. The highest BCUT2D eigenvalue weighted by Gasteiger charge is 2.26. The lowest BCUT2D eigenvalue weighted by Gasteiger charge is -2.32. The summed E-state index contributed by atoms with van der Waals surface area (Å²) in [5.41, 5.74) is 1.37. The van der Waals surface area contributed by atoms with Gasteiger partial charge in [0.2, 0.25) is 5.91 Å². The Morgan fingerprint density at radius 3 is 2.78 bits per heavy atom. The van der Waals surface area contributed by atoms with Gasteiger partial charge in [-0.3, -0.25) is 4.79 Å². The monoisotopic (exact) mass is 306 g/mol. The number of nitrogens with zero attached hydrogens (tertiary/aromatic N) is 3. The summed E-state index contributed by atoms with van der Waals surface area (Å²) in [4.78, 5) is 18.9. The highest BCUT2D eigenvalue weighted by molar-refractivity contribution is 5.93. The zero-order chi connectivity index (χ0) is 16.1. The fourth-order valence-corrected chi connectivity index (χ4v) is 2.80. The Morgan fingerprint density at radius 2 is 2.09 bits per heavy atom. The zero-order valence-electron chi connectivity index (χ0n) is 12.8. The van der Waals surface area contributed by atoms with Gasteiger partial charge in [-0.25, -0.2) is 4.98 Å². The topological polar surface area (TPSA) is 69.0 Å². The number of rotatable bonds is 3. The van der Waals surface area contributed by atoms with Gasteiger partial charge in [-0.1, -0.05) is 18.2 Å². The fourth-order valence-electron chi connectivity index (χ4n) is 2.80. The van der Waals surface area contributed by atoms with E-state index in [9.17, 15) is 4.79 Å². The number of amides is 1. The lowest BCUT2D eigenvalue weighted by Crippen LogP contribution is -2.41. The van der Waals surface area contributed by atoms with Gasteiger partial charge < -0.3 is 10.2 Å². The number of hydrogen-bond donors (Lipinski definition) is 1. The number of para-hydroxylation sites is 1. The van der Waals surface area contributed by atoms with E-state index in [0.717, 1.165) is 30.9 Å². The summed E-state index contributed by atoms with van der Waals surface area (Å²) < 4.78 is 0. The Morgan fingerprint density at radius 1 is 1.26 bits per heavy atom. The van der Waals surface area contributed by atoms with Gasteiger partial charge in [-0.2, -0.15) is 5.26 Å². The molecule has 1 aromatic carbocycles. The lowest BCUT2D eigenvalue weighted by atomic mass is 9.97. The summed E-state index contributed by atoms with van der Waals surface area (Å²) in [5, 5.41) is 11.8. The molecule has 116 valence electrons. The Kier molecular flexibility index (Phi) is 4.53. The molecular formula is C18H18N4O. The van der Waals surface area contributed by atoms with Crippen LogP contribution >= 0.6 is 0 Å². The van der Waals surface area contributed by atoms with Crippen LogP contribution in [0.4, 0.5) is 11.5 Å². The third kappa shape index (κ3) is 3.67. The van der Waals surface area contributed by atoms with Crippen molar-refractivity contribution in [2.24, 2.45) is 5.92 Å². The smallest absolute Gasteiger partial charge is 0.229 e. The van der Waals surface area contributed by atoms with Crippen LogP contribution in [0.25, 0.3) is 0 Å². The van der Waals surface area contributed by atoms with Crippen molar-refractivity contribution >= 4 is 17.4 Å². The number of nitriles is 1. The van der Waals surface area contributed by atoms with Gasteiger partial charge in [0.25, 0.3) is 0 Å². The Hall–Kier alpha value is -2.87. The number of carbonyl (C=O) groups is 1. The summed E-state index contributed by atoms with van der Waals surface area (Å²) in [6, 6.07) is 15.2. The molecule has 1 saturated heterocycles. The van der Waals surface area contributed by atoms with Crippen molar-refractivity contribution in [2.75, 3.05) is 23.3 Å². The van der Waals surface area contributed by atoms with Crippen molar-refractivity contribution < 1.29 is 4.79 Å². The molecular weight excluding hydrogens is 288 g/mol. The van der Waals surface area contributed by atoms with Crippen LogP contribution in [0, 0.1) is 17.2 Å². The van der Waals surface area contributed by atoms with Crippen LogP contribution < -0.4 is 10.2 Å². The van der Waals surface area contributed by atoms with Crippen LogP contribution in [0.2, 0.25) is 0 Å². The molecule has 2 heterocycles. The number of hydrogen-bond acceptors (Lipinski definition) is 4. The maximum absolute atomic E-state index is 12.4. The van der Waals surface area contributed by atoms with Crippen molar-refractivity contribution in [1.29, 1.82) is 5.26 Å². The molecule has 1 aromatic heterocycles. The third-order valence-corrected chi connectivity index (χ3v) is 4.03. The summed E-state index contributed by atoms with van der Waals surface area (Å²) in [6.45, 7) is 1.53. The minimum atomic E-state index is -0.0543. The molecule has 0 bridgehead atoms. The standard InChI is InChI=1S/C18H18N4O/c19-11-14-8-9-17(20-12-14)22-10-4-5-15(13-22)18(23)21-16-6-2-1-3-7-16/h1-3,6-9,12,15H,4-5,10,13H2,(H,21,23). The number of carbonyl (C=O) groups excluding carboxylic acids is 1. The highest BCUT2D eigenvalue weighted by Crippen LogP contribution is 2.23. The molecule has 1 atom stereocenters. The fraction of sp³-hybridized carbons (Fsp3) is 0.278.